The highest BCUT2D eigenvalue weighted by Crippen LogP contribution is 2.30. The zero-order valence-corrected chi connectivity index (χ0v) is 8.38. The van der Waals surface area contributed by atoms with Crippen molar-refractivity contribution in [2.75, 3.05) is 6.61 Å². The normalized spacial score (nSPS) is 20.4. The predicted octanol–water partition coefficient (Wildman–Crippen LogP) is 2.53. The Morgan fingerprint density at radius 2 is 2.36 bits per heavy atom. The van der Waals surface area contributed by atoms with Crippen molar-refractivity contribution in [3.63, 3.8) is 0 Å². The number of ketones is 1. The lowest BCUT2D eigenvalue weighted by molar-refractivity contribution is -0.119. The van der Waals surface area contributed by atoms with E-state index in [1.54, 1.807) is 0 Å². The molecular weight excluding hydrogens is 176 g/mol. The number of rotatable bonds is 2. The quantitative estimate of drug-likeness (QED) is 0.668. The minimum absolute atomic E-state index is 0.161. The lowest BCUT2D eigenvalue weighted by Gasteiger charge is -2.23. The van der Waals surface area contributed by atoms with Crippen LogP contribution in [0.15, 0.2) is 35.1 Å². The van der Waals surface area contributed by atoms with E-state index in [0.717, 1.165) is 36.2 Å². The summed E-state index contributed by atoms with van der Waals surface area (Å²) in [7, 11) is 0. The fourth-order valence-corrected chi connectivity index (χ4v) is 1.89. The van der Waals surface area contributed by atoms with Crippen molar-refractivity contribution in [2.45, 2.75) is 26.2 Å². The lowest BCUT2D eigenvalue weighted by atomic mass is 9.92. The van der Waals surface area contributed by atoms with Gasteiger partial charge >= 0.3 is 0 Å². The Balaban J connectivity index is 2.38. The number of carbonyl (C=O) groups is 1. The molecular formula is C12H14O2. The molecule has 1 aliphatic carbocycles. The average Bonchev–Trinajstić information content (AvgIpc) is 2.23. The highest BCUT2D eigenvalue weighted by Gasteiger charge is 2.24. The number of hydrogen-bond acceptors (Lipinski definition) is 2. The fourth-order valence-electron chi connectivity index (χ4n) is 1.89. The third-order valence-electron chi connectivity index (χ3n) is 2.56. The van der Waals surface area contributed by atoms with Crippen LogP contribution in [0.25, 0.3) is 0 Å². The van der Waals surface area contributed by atoms with Gasteiger partial charge in [-0.3, -0.25) is 4.79 Å². The van der Waals surface area contributed by atoms with E-state index in [4.69, 9.17) is 4.74 Å². The Morgan fingerprint density at radius 1 is 1.50 bits per heavy atom. The van der Waals surface area contributed by atoms with E-state index >= 15 is 0 Å². The van der Waals surface area contributed by atoms with Crippen LogP contribution < -0.4 is 0 Å². The molecule has 0 aromatic rings. The summed E-state index contributed by atoms with van der Waals surface area (Å²) in [5, 5.41) is 0. The molecule has 0 amide bonds. The van der Waals surface area contributed by atoms with Gasteiger partial charge in [-0.1, -0.05) is 25.5 Å². The Kier molecular flexibility index (Phi) is 2.53. The number of ether oxygens (including phenoxy) is 1. The fraction of sp³-hybridized carbons (Fsp3) is 0.417. The molecule has 2 heteroatoms. The van der Waals surface area contributed by atoms with Crippen molar-refractivity contribution < 1.29 is 9.53 Å². The molecule has 0 fully saturated rings. The second-order valence-corrected chi connectivity index (χ2v) is 3.58. The number of Topliss-reactive ketones (excluding diaryl/α,β-unsaturated/α-hetero) is 1. The first-order chi connectivity index (χ1) is 6.83. The van der Waals surface area contributed by atoms with Crippen molar-refractivity contribution in [2.24, 2.45) is 0 Å². The minimum Gasteiger partial charge on any atom is -0.485 e. The van der Waals surface area contributed by atoms with Crippen LogP contribution in [0.1, 0.15) is 26.2 Å². The maximum Gasteiger partial charge on any atom is 0.196 e. The molecule has 0 spiro atoms. The van der Waals surface area contributed by atoms with E-state index in [1.165, 1.54) is 0 Å². The molecule has 0 saturated carbocycles. The summed E-state index contributed by atoms with van der Waals surface area (Å²) in [4.78, 5) is 11.6. The van der Waals surface area contributed by atoms with E-state index in [0.29, 0.717) is 0 Å². The van der Waals surface area contributed by atoms with Crippen molar-refractivity contribution in [3.05, 3.63) is 35.1 Å². The molecule has 0 atom stereocenters. The van der Waals surface area contributed by atoms with Gasteiger partial charge in [0.05, 0.1) is 0 Å². The van der Waals surface area contributed by atoms with Crippen molar-refractivity contribution in [1.29, 1.82) is 0 Å². The largest absolute Gasteiger partial charge is 0.485 e. The zero-order chi connectivity index (χ0) is 9.97. The summed E-state index contributed by atoms with van der Waals surface area (Å²) >= 11 is 0. The van der Waals surface area contributed by atoms with Gasteiger partial charge in [0.15, 0.2) is 12.4 Å². The molecule has 2 rings (SSSR count). The van der Waals surface area contributed by atoms with Gasteiger partial charge in [-0.05, 0) is 18.9 Å². The molecule has 1 aliphatic heterocycles. The number of fused-ring (bicyclic) bond motifs is 1. The van der Waals surface area contributed by atoms with Crippen LogP contribution in [0.4, 0.5) is 0 Å². The summed E-state index contributed by atoms with van der Waals surface area (Å²) in [6.07, 6.45) is 8.73. The Hall–Kier alpha value is -1.31. The van der Waals surface area contributed by atoms with E-state index < -0.39 is 0 Å². The molecule has 0 saturated heterocycles. The van der Waals surface area contributed by atoms with Crippen molar-refractivity contribution >= 4 is 5.78 Å². The smallest absolute Gasteiger partial charge is 0.196 e. The third kappa shape index (κ3) is 1.52. The topological polar surface area (TPSA) is 26.3 Å². The molecule has 2 nitrogen and oxygen atoms in total. The highest BCUT2D eigenvalue weighted by molar-refractivity contribution is 5.99. The van der Waals surface area contributed by atoms with Gasteiger partial charge in [0, 0.05) is 11.1 Å². The molecule has 0 unspecified atom stereocenters. The van der Waals surface area contributed by atoms with Gasteiger partial charge < -0.3 is 4.74 Å². The van der Waals surface area contributed by atoms with Gasteiger partial charge in [0.25, 0.3) is 0 Å². The average molecular weight is 190 g/mol. The van der Waals surface area contributed by atoms with E-state index in [9.17, 15) is 4.79 Å². The van der Waals surface area contributed by atoms with Gasteiger partial charge in [-0.2, -0.15) is 0 Å². The number of hydrogen-bond donors (Lipinski definition) is 0. The third-order valence-corrected chi connectivity index (χ3v) is 2.56. The van der Waals surface area contributed by atoms with E-state index in [1.807, 2.05) is 12.2 Å². The van der Waals surface area contributed by atoms with Gasteiger partial charge in [-0.25, -0.2) is 0 Å². The van der Waals surface area contributed by atoms with Crippen LogP contribution in [0, 0.1) is 0 Å². The molecule has 0 N–H and O–H groups in total. The number of carbonyl (C=O) groups excluding carboxylic acids is 1. The maximum absolute atomic E-state index is 11.6. The summed E-state index contributed by atoms with van der Waals surface area (Å²) in [6, 6.07) is 0. The highest BCUT2D eigenvalue weighted by atomic mass is 16.5. The summed E-state index contributed by atoms with van der Waals surface area (Å²) in [5.74, 6) is 1.06. The standard InChI is InChI=1S/C12H14O2/c1-2-5-9-10-6-3-4-7-12(10)14-8-11(9)13/h3-4,7H,2,5-6,8H2,1H3. The molecule has 0 aromatic carbocycles. The van der Waals surface area contributed by atoms with E-state index in [2.05, 4.69) is 13.0 Å². The molecule has 14 heavy (non-hydrogen) atoms. The first kappa shape index (κ1) is 9.25. The molecule has 1 heterocycles. The maximum atomic E-state index is 11.6. The minimum atomic E-state index is 0.161. The molecule has 74 valence electrons. The molecule has 0 bridgehead atoms. The SMILES string of the molecule is CCCC1=C2CC=CC=C2OCC1=O. The van der Waals surface area contributed by atoms with Crippen molar-refractivity contribution in [1.82, 2.24) is 0 Å². The number of allylic oxidation sites excluding steroid dienone is 4. The Labute approximate surface area is 83.9 Å². The van der Waals surface area contributed by atoms with Crippen LogP contribution in [0.5, 0.6) is 0 Å². The lowest BCUT2D eigenvalue weighted by Crippen LogP contribution is -2.21. The van der Waals surface area contributed by atoms with E-state index in [-0.39, 0.29) is 12.4 Å². The summed E-state index contributed by atoms with van der Waals surface area (Å²) in [5.41, 5.74) is 2.08. The Morgan fingerprint density at radius 3 is 3.14 bits per heavy atom. The summed E-state index contributed by atoms with van der Waals surface area (Å²) < 4.78 is 5.37. The van der Waals surface area contributed by atoms with Gasteiger partial charge in [0.1, 0.15) is 5.76 Å². The zero-order valence-electron chi connectivity index (χ0n) is 8.38. The first-order valence-corrected chi connectivity index (χ1v) is 5.08. The second-order valence-electron chi connectivity index (χ2n) is 3.58. The predicted molar refractivity (Wildman–Crippen MR) is 54.7 cm³/mol. The monoisotopic (exact) mass is 190 g/mol. The van der Waals surface area contributed by atoms with Crippen LogP contribution >= 0.6 is 0 Å². The Bertz CT molecular complexity index is 345. The molecule has 0 radical (unpaired) electrons. The molecule has 2 aliphatic rings. The molecule has 0 aromatic heterocycles. The second kappa shape index (κ2) is 3.82. The van der Waals surface area contributed by atoms with Gasteiger partial charge in [0.2, 0.25) is 0 Å². The first-order valence-electron chi connectivity index (χ1n) is 5.08. The van der Waals surface area contributed by atoms with Crippen LogP contribution in [-0.4, -0.2) is 12.4 Å². The van der Waals surface area contributed by atoms with Gasteiger partial charge in [-0.15, -0.1) is 0 Å². The van der Waals surface area contributed by atoms with Crippen LogP contribution in [0.3, 0.4) is 0 Å². The summed E-state index contributed by atoms with van der Waals surface area (Å²) in [6.45, 7) is 2.32. The van der Waals surface area contributed by atoms with Crippen LogP contribution in [-0.2, 0) is 9.53 Å². The van der Waals surface area contributed by atoms with Crippen LogP contribution in [0.2, 0.25) is 0 Å². The van der Waals surface area contributed by atoms with Crippen molar-refractivity contribution in [3.8, 4) is 0 Å².